The number of alkyl halides is 1. The summed E-state index contributed by atoms with van der Waals surface area (Å²) in [5.74, 6) is -1.12. The molecule has 18 heavy (non-hydrogen) atoms. The van der Waals surface area contributed by atoms with Crippen molar-refractivity contribution in [3.63, 3.8) is 0 Å². The Hall–Kier alpha value is 0.280. The number of ether oxygens (including phenoxy) is 5. The van der Waals surface area contributed by atoms with Crippen LogP contribution in [0.4, 0.5) is 0 Å². The second-order valence-electron chi connectivity index (χ2n) is 5.88. The number of fused-ring (bicyclic) bond motifs is 1. The molecule has 3 aliphatic heterocycles. The smallest absolute Gasteiger partial charge is 0.164 e. The first-order valence-electron chi connectivity index (χ1n) is 6.24. The van der Waals surface area contributed by atoms with E-state index in [2.05, 4.69) is 15.9 Å². The van der Waals surface area contributed by atoms with Crippen LogP contribution in [0.25, 0.3) is 0 Å². The van der Waals surface area contributed by atoms with Crippen LogP contribution < -0.4 is 0 Å². The van der Waals surface area contributed by atoms with E-state index in [1.807, 2.05) is 27.7 Å². The van der Waals surface area contributed by atoms with E-state index in [9.17, 15) is 0 Å². The Morgan fingerprint density at radius 1 is 0.889 bits per heavy atom. The molecular weight excluding hydrogens is 304 g/mol. The van der Waals surface area contributed by atoms with Gasteiger partial charge in [-0.2, -0.15) is 0 Å². The molecule has 0 bridgehead atoms. The topological polar surface area (TPSA) is 46.2 Å². The van der Waals surface area contributed by atoms with E-state index < -0.39 is 11.6 Å². The maximum absolute atomic E-state index is 5.92. The fourth-order valence-electron chi connectivity index (χ4n) is 2.76. The second kappa shape index (κ2) is 4.14. The highest BCUT2D eigenvalue weighted by Gasteiger charge is 2.58. The van der Waals surface area contributed by atoms with Crippen molar-refractivity contribution in [3.05, 3.63) is 0 Å². The predicted octanol–water partition coefficient (Wildman–Crippen LogP) is 1.78. The summed E-state index contributed by atoms with van der Waals surface area (Å²) in [5, 5.41) is -0.165. The lowest BCUT2D eigenvalue weighted by molar-refractivity contribution is -0.197. The van der Waals surface area contributed by atoms with Crippen LogP contribution in [-0.2, 0) is 23.7 Å². The molecule has 3 fully saturated rings. The SMILES string of the molecule is CC1(C)OCC(C2OC(Br)C3OC(C)(C)OC32)O1. The fraction of sp³-hybridized carbons (Fsp3) is 1.00. The molecule has 5 unspecified atom stereocenters. The van der Waals surface area contributed by atoms with Gasteiger partial charge in [0.1, 0.15) is 29.4 Å². The van der Waals surface area contributed by atoms with Crippen molar-refractivity contribution in [2.45, 2.75) is 68.7 Å². The van der Waals surface area contributed by atoms with E-state index in [1.165, 1.54) is 0 Å². The maximum Gasteiger partial charge on any atom is 0.164 e. The van der Waals surface area contributed by atoms with Gasteiger partial charge in [0.25, 0.3) is 0 Å². The van der Waals surface area contributed by atoms with Gasteiger partial charge in [-0.05, 0) is 27.7 Å². The Labute approximate surface area is 115 Å². The Morgan fingerprint density at radius 2 is 1.56 bits per heavy atom. The molecule has 0 saturated carbocycles. The summed E-state index contributed by atoms with van der Waals surface area (Å²) in [7, 11) is 0. The van der Waals surface area contributed by atoms with E-state index in [1.54, 1.807) is 0 Å². The molecule has 3 aliphatic rings. The van der Waals surface area contributed by atoms with Gasteiger partial charge >= 0.3 is 0 Å². The van der Waals surface area contributed by atoms with E-state index in [0.717, 1.165) is 0 Å². The summed E-state index contributed by atoms with van der Waals surface area (Å²) in [6, 6.07) is 0. The molecule has 104 valence electrons. The largest absolute Gasteiger partial charge is 0.355 e. The molecule has 0 N–H and O–H groups in total. The third-order valence-electron chi connectivity index (χ3n) is 3.43. The van der Waals surface area contributed by atoms with Crippen LogP contribution in [0.5, 0.6) is 0 Å². The van der Waals surface area contributed by atoms with Gasteiger partial charge in [-0.3, -0.25) is 0 Å². The number of hydrogen-bond donors (Lipinski definition) is 0. The Kier molecular flexibility index (Phi) is 3.05. The van der Waals surface area contributed by atoms with Gasteiger partial charge in [-0.15, -0.1) is 0 Å². The lowest BCUT2D eigenvalue weighted by Gasteiger charge is -2.26. The first-order valence-corrected chi connectivity index (χ1v) is 7.16. The van der Waals surface area contributed by atoms with Crippen molar-refractivity contribution >= 4 is 15.9 Å². The van der Waals surface area contributed by atoms with Crippen LogP contribution in [0, 0.1) is 0 Å². The van der Waals surface area contributed by atoms with Crippen LogP contribution >= 0.6 is 15.9 Å². The Balaban J connectivity index is 1.75. The highest BCUT2D eigenvalue weighted by molar-refractivity contribution is 9.09. The van der Waals surface area contributed by atoms with Gasteiger partial charge in [0.05, 0.1) is 6.61 Å². The standard InChI is InChI=1S/C12H19BrO5/c1-11(2)14-5-6(16-11)7-8-9(10(13)15-7)18-12(3,4)17-8/h6-10H,5H2,1-4H3. The average Bonchev–Trinajstić information content (AvgIpc) is 2.81. The van der Waals surface area contributed by atoms with Crippen molar-refractivity contribution in [1.29, 1.82) is 0 Å². The van der Waals surface area contributed by atoms with Crippen LogP contribution in [0.1, 0.15) is 27.7 Å². The average molecular weight is 323 g/mol. The first kappa shape index (κ1) is 13.3. The second-order valence-corrected chi connectivity index (χ2v) is 6.79. The lowest BCUT2D eigenvalue weighted by atomic mass is 10.1. The Bertz CT molecular complexity index is 345. The molecule has 0 aliphatic carbocycles. The molecule has 3 rings (SSSR count). The summed E-state index contributed by atoms with van der Waals surface area (Å²) in [6.45, 7) is 8.16. The molecular formula is C12H19BrO5. The van der Waals surface area contributed by atoms with Gasteiger partial charge in [0.15, 0.2) is 11.6 Å². The fourth-order valence-corrected chi connectivity index (χ4v) is 3.41. The number of hydrogen-bond acceptors (Lipinski definition) is 5. The zero-order chi connectivity index (χ0) is 13.1. The normalized spacial score (nSPS) is 49.5. The number of halogens is 1. The zero-order valence-corrected chi connectivity index (χ0v) is 12.6. The highest BCUT2D eigenvalue weighted by atomic mass is 79.9. The molecule has 0 aromatic carbocycles. The molecule has 6 heteroatoms. The van der Waals surface area contributed by atoms with Crippen molar-refractivity contribution in [2.75, 3.05) is 6.61 Å². The van der Waals surface area contributed by atoms with Crippen LogP contribution in [-0.4, -0.2) is 47.6 Å². The van der Waals surface area contributed by atoms with Crippen molar-refractivity contribution in [2.24, 2.45) is 0 Å². The highest BCUT2D eigenvalue weighted by Crippen LogP contribution is 2.43. The molecule has 0 amide bonds. The minimum atomic E-state index is -0.571. The molecule has 0 spiro atoms. The molecule has 5 atom stereocenters. The van der Waals surface area contributed by atoms with E-state index in [0.29, 0.717) is 6.61 Å². The summed E-state index contributed by atoms with van der Waals surface area (Å²) >= 11 is 3.49. The van der Waals surface area contributed by atoms with Gasteiger partial charge < -0.3 is 23.7 Å². The lowest BCUT2D eigenvalue weighted by Crippen LogP contribution is -2.40. The zero-order valence-electron chi connectivity index (χ0n) is 11.0. The molecule has 0 aromatic rings. The van der Waals surface area contributed by atoms with Crippen molar-refractivity contribution < 1.29 is 23.7 Å². The molecule has 0 aromatic heterocycles. The molecule has 3 heterocycles. The predicted molar refractivity (Wildman–Crippen MR) is 66.3 cm³/mol. The van der Waals surface area contributed by atoms with Gasteiger partial charge in [0.2, 0.25) is 0 Å². The Morgan fingerprint density at radius 3 is 2.17 bits per heavy atom. The van der Waals surface area contributed by atoms with Gasteiger partial charge in [-0.25, -0.2) is 0 Å². The van der Waals surface area contributed by atoms with Gasteiger partial charge in [-0.1, -0.05) is 15.9 Å². The summed E-state index contributed by atoms with van der Waals surface area (Å²) in [4.78, 5) is 0. The first-order chi connectivity index (χ1) is 8.27. The third-order valence-corrected chi connectivity index (χ3v) is 4.17. The summed E-state index contributed by atoms with van der Waals surface area (Å²) < 4.78 is 29.1. The monoisotopic (exact) mass is 322 g/mol. The van der Waals surface area contributed by atoms with Crippen LogP contribution in [0.3, 0.4) is 0 Å². The van der Waals surface area contributed by atoms with E-state index in [4.69, 9.17) is 23.7 Å². The van der Waals surface area contributed by atoms with Crippen LogP contribution in [0.2, 0.25) is 0 Å². The minimum Gasteiger partial charge on any atom is -0.355 e. The minimum absolute atomic E-state index is 0.0997. The summed E-state index contributed by atoms with van der Waals surface area (Å²) in [5.41, 5.74) is 0. The molecule has 3 saturated heterocycles. The molecule has 5 nitrogen and oxygen atoms in total. The van der Waals surface area contributed by atoms with Crippen molar-refractivity contribution in [3.8, 4) is 0 Å². The number of rotatable bonds is 1. The maximum atomic E-state index is 5.92. The van der Waals surface area contributed by atoms with Crippen molar-refractivity contribution in [1.82, 2.24) is 0 Å². The van der Waals surface area contributed by atoms with E-state index >= 15 is 0 Å². The quantitative estimate of drug-likeness (QED) is 0.689. The van der Waals surface area contributed by atoms with Gasteiger partial charge in [0, 0.05) is 0 Å². The van der Waals surface area contributed by atoms with Crippen LogP contribution in [0.15, 0.2) is 0 Å². The molecule has 0 radical (unpaired) electrons. The van der Waals surface area contributed by atoms with E-state index in [-0.39, 0.29) is 29.4 Å². The summed E-state index contributed by atoms with van der Waals surface area (Å²) in [6.07, 6.45) is -0.500. The third kappa shape index (κ3) is 2.23.